The highest BCUT2D eigenvalue weighted by molar-refractivity contribution is 7.94. The Bertz CT molecular complexity index is 442. The van der Waals surface area contributed by atoms with Gasteiger partial charge in [0.25, 0.3) is 0 Å². The molecule has 0 bridgehead atoms. The van der Waals surface area contributed by atoms with Gasteiger partial charge >= 0.3 is 0 Å². The van der Waals surface area contributed by atoms with E-state index in [1.165, 1.54) is 0 Å². The maximum atomic E-state index is 4.94. The summed E-state index contributed by atoms with van der Waals surface area (Å²) < 4.78 is 4.85. The molecule has 17 heavy (non-hydrogen) atoms. The minimum Gasteiger partial charge on any atom is -0.307 e. The molecule has 0 saturated carbocycles. The Morgan fingerprint density at radius 1 is 0.882 bits per heavy atom. The second kappa shape index (κ2) is 6.30. The Morgan fingerprint density at radius 3 is 2.29 bits per heavy atom. The maximum absolute atomic E-state index is 4.94. The Labute approximate surface area is 104 Å². The molecule has 2 aromatic rings. The molecule has 3 nitrogen and oxygen atoms in total. The van der Waals surface area contributed by atoms with E-state index in [4.69, 9.17) is 9.22 Å². The second-order valence-electron chi connectivity index (χ2n) is 3.43. The molecular weight excluding hydrogens is 236 g/mol. The van der Waals surface area contributed by atoms with Crippen molar-refractivity contribution >= 4 is 12.0 Å². The van der Waals surface area contributed by atoms with Crippen LogP contribution in [0.1, 0.15) is 5.56 Å². The van der Waals surface area contributed by atoms with Crippen LogP contribution in [0, 0.1) is 6.92 Å². The first kappa shape index (κ1) is 12.0. The largest absolute Gasteiger partial charge is 0.307 e. The van der Waals surface area contributed by atoms with Crippen molar-refractivity contribution in [3.8, 4) is 5.75 Å². The number of rotatable bonds is 5. The van der Waals surface area contributed by atoms with Crippen molar-refractivity contribution in [3.05, 3.63) is 60.2 Å². The first-order valence-corrected chi connectivity index (χ1v) is 5.88. The minimum absolute atomic E-state index is 0.601. The molecule has 4 heteroatoms. The van der Waals surface area contributed by atoms with Crippen LogP contribution in [-0.4, -0.2) is 0 Å². The molecule has 0 amide bonds. The Kier molecular flexibility index (Phi) is 4.44. The van der Waals surface area contributed by atoms with E-state index in [9.17, 15) is 0 Å². The summed E-state index contributed by atoms with van der Waals surface area (Å²) in [6, 6.07) is 17.1. The first-order valence-electron chi connectivity index (χ1n) is 5.14. The van der Waals surface area contributed by atoms with Crippen LogP contribution >= 0.6 is 12.0 Å². The monoisotopic (exact) mass is 248 g/mol. The van der Waals surface area contributed by atoms with Gasteiger partial charge in [-0.2, -0.15) is 0 Å². The lowest BCUT2D eigenvalue weighted by molar-refractivity contribution is -0.403. The second-order valence-corrected chi connectivity index (χ2v) is 4.20. The van der Waals surface area contributed by atoms with Crippen molar-refractivity contribution in [3.63, 3.8) is 0 Å². The van der Waals surface area contributed by atoms with Crippen LogP contribution < -0.4 is 4.89 Å². The van der Waals surface area contributed by atoms with Crippen LogP contribution in [0.3, 0.4) is 0 Å². The van der Waals surface area contributed by atoms with Gasteiger partial charge in [0.2, 0.25) is 0 Å². The van der Waals surface area contributed by atoms with Gasteiger partial charge in [-0.3, -0.25) is 0 Å². The predicted molar refractivity (Wildman–Crippen MR) is 66.3 cm³/mol. The SMILES string of the molecule is Cc1ccc(OOOSc2ccccc2)cc1. The van der Waals surface area contributed by atoms with Crippen LogP contribution in [0.25, 0.3) is 0 Å². The van der Waals surface area contributed by atoms with E-state index in [0.717, 1.165) is 22.5 Å². The van der Waals surface area contributed by atoms with E-state index in [0.29, 0.717) is 5.75 Å². The van der Waals surface area contributed by atoms with Gasteiger partial charge in [0.1, 0.15) is 0 Å². The molecule has 2 rings (SSSR count). The molecule has 0 heterocycles. The van der Waals surface area contributed by atoms with E-state index in [2.05, 4.69) is 5.04 Å². The van der Waals surface area contributed by atoms with Crippen molar-refractivity contribution in [2.45, 2.75) is 11.8 Å². The number of hydrogen-bond donors (Lipinski definition) is 0. The van der Waals surface area contributed by atoms with Crippen LogP contribution in [0.5, 0.6) is 5.75 Å². The molecule has 0 radical (unpaired) electrons. The summed E-state index contributed by atoms with van der Waals surface area (Å²) in [4.78, 5) is 5.88. The zero-order chi connectivity index (χ0) is 11.9. The smallest absolute Gasteiger partial charge is 0.168 e. The molecule has 88 valence electrons. The summed E-state index contributed by atoms with van der Waals surface area (Å²) >= 11 is 1.10. The number of aryl methyl sites for hydroxylation is 1. The fourth-order valence-electron chi connectivity index (χ4n) is 1.18. The van der Waals surface area contributed by atoms with E-state index in [1.807, 2.05) is 61.5 Å². The van der Waals surface area contributed by atoms with Crippen LogP contribution in [-0.2, 0) is 9.37 Å². The molecule has 0 N–H and O–H groups in total. The lowest BCUT2D eigenvalue weighted by atomic mass is 10.2. The highest BCUT2D eigenvalue weighted by atomic mass is 32.2. The molecule has 0 aromatic heterocycles. The van der Waals surface area contributed by atoms with Gasteiger partial charge in [-0.25, -0.2) is 0 Å². The third-order valence-corrected chi connectivity index (χ3v) is 2.64. The molecule has 0 atom stereocenters. The summed E-state index contributed by atoms with van der Waals surface area (Å²) in [7, 11) is 0. The summed E-state index contributed by atoms with van der Waals surface area (Å²) in [5, 5.41) is 4.63. The van der Waals surface area contributed by atoms with Crippen molar-refractivity contribution in [2.24, 2.45) is 0 Å². The molecule has 0 aliphatic heterocycles. The average Bonchev–Trinajstić information content (AvgIpc) is 2.38. The standard InChI is InChI=1S/C13H12O3S/c1-11-7-9-12(10-8-11)14-15-16-17-13-5-3-2-4-6-13/h2-10H,1H3. The highest BCUT2D eigenvalue weighted by Gasteiger charge is 1.97. The van der Waals surface area contributed by atoms with Crippen molar-refractivity contribution < 1.29 is 14.3 Å². The Hall–Kier alpha value is -1.49. The Morgan fingerprint density at radius 2 is 1.59 bits per heavy atom. The molecule has 0 spiro atoms. The normalized spacial score (nSPS) is 10.2. The number of hydrogen-bond acceptors (Lipinski definition) is 4. The minimum atomic E-state index is 0.601. The van der Waals surface area contributed by atoms with Crippen molar-refractivity contribution in [2.75, 3.05) is 0 Å². The predicted octanol–water partition coefficient (Wildman–Crippen LogP) is 3.94. The van der Waals surface area contributed by atoms with Gasteiger partial charge in [0.05, 0.1) is 12.0 Å². The summed E-state index contributed by atoms with van der Waals surface area (Å²) in [5.41, 5.74) is 1.16. The number of benzene rings is 2. The third kappa shape index (κ3) is 4.11. The molecular formula is C13H12O3S. The van der Waals surface area contributed by atoms with Crippen LogP contribution in [0.4, 0.5) is 0 Å². The molecule has 0 saturated heterocycles. The molecule has 0 unspecified atom stereocenters. The summed E-state index contributed by atoms with van der Waals surface area (Å²) in [5.74, 6) is 0.601. The van der Waals surface area contributed by atoms with Gasteiger partial charge < -0.3 is 4.89 Å². The zero-order valence-electron chi connectivity index (χ0n) is 9.33. The maximum Gasteiger partial charge on any atom is 0.168 e. The van der Waals surface area contributed by atoms with E-state index in [1.54, 1.807) is 0 Å². The third-order valence-electron chi connectivity index (χ3n) is 2.05. The fourth-order valence-corrected chi connectivity index (χ4v) is 1.58. The zero-order valence-corrected chi connectivity index (χ0v) is 10.1. The molecule has 0 aliphatic rings. The lowest BCUT2D eigenvalue weighted by Gasteiger charge is -2.02. The van der Waals surface area contributed by atoms with Gasteiger partial charge in [-0.1, -0.05) is 35.9 Å². The average molecular weight is 248 g/mol. The molecule has 0 fully saturated rings. The van der Waals surface area contributed by atoms with Crippen LogP contribution in [0.2, 0.25) is 0 Å². The topological polar surface area (TPSA) is 27.7 Å². The Balaban J connectivity index is 1.71. The quantitative estimate of drug-likeness (QED) is 0.346. The van der Waals surface area contributed by atoms with Crippen molar-refractivity contribution in [1.29, 1.82) is 0 Å². The molecule has 0 aliphatic carbocycles. The fraction of sp³-hybridized carbons (Fsp3) is 0.0769. The van der Waals surface area contributed by atoms with Crippen molar-refractivity contribution in [1.82, 2.24) is 0 Å². The van der Waals surface area contributed by atoms with E-state index in [-0.39, 0.29) is 0 Å². The lowest BCUT2D eigenvalue weighted by Crippen LogP contribution is -1.94. The van der Waals surface area contributed by atoms with Crippen LogP contribution in [0.15, 0.2) is 59.5 Å². The van der Waals surface area contributed by atoms with E-state index < -0.39 is 0 Å². The van der Waals surface area contributed by atoms with Gasteiger partial charge in [0, 0.05) is 4.90 Å². The van der Waals surface area contributed by atoms with Gasteiger partial charge in [-0.15, -0.1) is 4.33 Å². The van der Waals surface area contributed by atoms with Gasteiger partial charge in [-0.05, 0) is 36.2 Å². The van der Waals surface area contributed by atoms with Gasteiger partial charge in [0.15, 0.2) is 5.75 Å². The van der Waals surface area contributed by atoms with E-state index >= 15 is 0 Å². The first-order chi connectivity index (χ1) is 8.34. The highest BCUT2D eigenvalue weighted by Crippen LogP contribution is 2.19. The summed E-state index contributed by atoms with van der Waals surface area (Å²) in [6.45, 7) is 2.01. The molecule has 2 aromatic carbocycles. The summed E-state index contributed by atoms with van der Waals surface area (Å²) in [6.07, 6.45) is 0.